The summed E-state index contributed by atoms with van der Waals surface area (Å²) in [6, 6.07) is 14.7. The lowest BCUT2D eigenvalue weighted by Crippen LogP contribution is -2.61. The van der Waals surface area contributed by atoms with E-state index in [1.165, 1.54) is 164 Å². The fourth-order valence-corrected chi connectivity index (χ4v) is 14.3. The van der Waals surface area contributed by atoms with Crippen molar-refractivity contribution in [1.82, 2.24) is 9.80 Å². The second-order valence-corrected chi connectivity index (χ2v) is 20.9. The Kier molecular flexibility index (Phi) is 11.5. The third-order valence-corrected chi connectivity index (χ3v) is 17.8. The first-order valence-electron chi connectivity index (χ1n) is 24.6. The molecule has 2 aliphatic heterocycles. The summed E-state index contributed by atoms with van der Waals surface area (Å²) < 4.78 is 12.0. The molecular formula is C52H72N2O4. The van der Waals surface area contributed by atoms with Crippen molar-refractivity contribution in [2.45, 2.75) is 190 Å². The maximum Gasteiger partial charge on any atom is 0.311 e. The van der Waals surface area contributed by atoms with Gasteiger partial charge >= 0.3 is 11.9 Å². The van der Waals surface area contributed by atoms with E-state index in [0.717, 1.165) is 73.7 Å². The van der Waals surface area contributed by atoms with E-state index in [2.05, 4.69) is 46.2 Å². The molecule has 0 unspecified atom stereocenters. The van der Waals surface area contributed by atoms with Crippen LogP contribution in [0.2, 0.25) is 0 Å². The highest BCUT2D eigenvalue weighted by molar-refractivity contribution is 5.73. The van der Waals surface area contributed by atoms with E-state index in [1.54, 1.807) is 0 Å². The number of piperidine rings is 2. The number of benzene rings is 2. The molecule has 4 bridgehead atoms. The lowest BCUT2D eigenvalue weighted by Gasteiger charge is -2.59. The van der Waals surface area contributed by atoms with Crippen molar-refractivity contribution in [3.63, 3.8) is 0 Å². The summed E-state index contributed by atoms with van der Waals surface area (Å²) in [5.74, 6) is 4.68. The van der Waals surface area contributed by atoms with Crippen LogP contribution >= 0.6 is 0 Å². The minimum Gasteiger partial charge on any atom is -0.427 e. The topological polar surface area (TPSA) is 59.1 Å². The lowest BCUT2D eigenvalue weighted by molar-refractivity contribution is -0.135. The quantitative estimate of drug-likeness (QED) is 0.102. The maximum atomic E-state index is 13.0. The summed E-state index contributed by atoms with van der Waals surface area (Å²) >= 11 is 0. The Hall–Kier alpha value is -2.70. The highest BCUT2D eigenvalue weighted by atomic mass is 16.5. The number of fused-ring (bicyclic) bond motifs is 2. The van der Waals surface area contributed by atoms with Crippen LogP contribution in [0.3, 0.4) is 0 Å². The van der Waals surface area contributed by atoms with E-state index in [-0.39, 0.29) is 22.8 Å². The van der Waals surface area contributed by atoms with Crippen molar-refractivity contribution in [3.05, 3.63) is 58.7 Å². The number of esters is 2. The first kappa shape index (κ1) is 39.4. The molecule has 6 fully saturated rings. The van der Waals surface area contributed by atoms with Crippen LogP contribution in [0.15, 0.2) is 36.4 Å². The number of likely N-dealkylation sites (tertiary alicyclic amines) is 2. The standard InChI is InChI=1S/C52H72N2O4/c55-49(57-41-23-21-39-31-47-43-17-7-9-25-51(43,45(39)33-41)27-29-53(47)35-37-13-11-14-37)19-5-3-1-2-4-6-20-50(56)58-42-24-22-40-32-48-44-18-8-10-26-52(44,46(40)34-42)28-30-54(48)36-38-15-12-16-38/h21-24,33-34,37-38,43-44,47-48H,1-20,25-32,35-36H2/t43-,44-,47-,48-,51-,52-/m0/s1. The molecule has 2 aromatic carbocycles. The molecule has 6 aliphatic carbocycles. The SMILES string of the molecule is O=C(CCCCCCCCC(=O)Oc1ccc2c(c1)[C@]13CCCC[C@H]1[C@H](C2)N(CC1CCC1)CC3)Oc1ccc2c(c1)[C@]13CCCC[C@H]1[C@H](C2)N(CC1CCC1)CC3. The number of unbranched alkanes of at least 4 members (excludes halogenated alkanes) is 5. The molecule has 2 saturated heterocycles. The highest BCUT2D eigenvalue weighted by Crippen LogP contribution is 2.58. The van der Waals surface area contributed by atoms with Gasteiger partial charge in [0.05, 0.1) is 0 Å². The van der Waals surface area contributed by atoms with Crippen molar-refractivity contribution in [2.24, 2.45) is 23.7 Å². The monoisotopic (exact) mass is 789 g/mol. The van der Waals surface area contributed by atoms with E-state index < -0.39 is 0 Å². The summed E-state index contributed by atoms with van der Waals surface area (Å²) in [4.78, 5) is 31.8. The Bertz CT molecular complexity index is 1670. The van der Waals surface area contributed by atoms with Gasteiger partial charge in [-0.25, -0.2) is 0 Å². The highest BCUT2D eigenvalue weighted by Gasteiger charge is 2.55. The molecule has 2 heterocycles. The number of hydrogen-bond acceptors (Lipinski definition) is 6. The van der Waals surface area contributed by atoms with Gasteiger partial charge in [-0.2, -0.15) is 0 Å². The largest absolute Gasteiger partial charge is 0.427 e. The lowest BCUT2D eigenvalue weighted by atomic mass is 9.52. The summed E-state index contributed by atoms with van der Waals surface area (Å²) in [5.41, 5.74) is 6.61. The second-order valence-electron chi connectivity index (χ2n) is 20.9. The molecule has 6 nitrogen and oxygen atoms in total. The van der Waals surface area contributed by atoms with Crippen LogP contribution in [-0.4, -0.2) is 60.0 Å². The summed E-state index contributed by atoms with van der Waals surface area (Å²) in [5, 5.41) is 0. The van der Waals surface area contributed by atoms with Crippen LogP contribution < -0.4 is 9.47 Å². The van der Waals surface area contributed by atoms with E-state index in [4.69, 9.17) is 9.47 Å². The molecule has 6 heteroatoms. The van der Waals surface area contributed by atoms with Gasteiger partial charge in [-0.3, -0.25) is 19.4 Å². The summed E-state index contributed by atoms with van der Waals surface area (Å²) in [7, 11) is 0. The number of carbonyl (C=O) groups excluding carboxylic acids is 2. The first-order valence-corrected chi connectivity index (χ1v) is 24.6. The number of carbonyl (C=O) groups is 2. The van der Waals surface area contributed by atoms with Crippen molar-refractivity contribution in [3.8, 4) is 11.5 Å². The van der Waals surface area contributed by atoms with Gasteiger partial charge in [-0.15, -0.1) is 0 Å². The molecule has 4 saturated carbocycles. The van der Waals surface area contributed by atoms with Gasteiger partial charge < -0.3 is 9.47 Å². The Morgan fingerprint density at radius 2 is 0.983 bits per heavy atom. The van der Waals surface area contributed by atoms with Crippen LogP contribution in [-0.2, 0) is 33.3 Å². The van der Waals surface area contributed by atoms with E-state index in [1.807, 2.05) is 0 Å². The molecule has 0 aromatic heterocycles. The molecule has 58 heavy (non-hydrogen) atoms. The normalized spacial score (nSPS) is 31.8. The predicted octanol–water partition coefficient (Wildman–Crippen LogP) is 11.0. The second kappa shape index (κ2) is 17.0. The molecule has 0 N–H and O–H groups in total. The zero-order valence-electron chi connectivity index (χ0n) is 35.7. The Balaban J connectivity index is 0.649. The molecule has 8 aliphatic rings. The smallest absolute Gasteiger partial charge is 0.311 e. The number of hydrogen-bond donors (Lipinski definition) is 0. The molecular weight excluding hydrogens is 717 g/mol. The fourth-order valence-electron chi connectivity index (χ4n) is 14.3. The first-order chi connectivity index (χ1) is 28.5. The van der Waals surface area contributed by atoms with Gasteiger partial charge in [0.1, 0.15) is 11.5 Å². The van der Waals surface area contributed by atoms with Gasteiger partial charge in [-0.1, -0.05) is 76.3 Å². The summed E-state index contributed by atoms with van der Waals surface area (Å²) in [6.07, 6.45) is 31.0. The van der Waals surface area contributed by atoms with Gasteiger partial charge in [-0.05, 0) is 173 Å². The Labute approximate surface area is 349 Å². The molecule has 0 amide bonds. The number of ether oxygens (including phenoxy) is 2. The van der Waals surface area contributed by atoms with E-state index in [9.17, 15) is 9.59 Å². The zero-order chi connectivity index (χ0) is 39.1. The van der Waals surface area contributed by atoms with Gasteiger partial charge in [0.2, 0.25) is 0 Å². The molecule has 10 rings (SSSR count). The predicted molar refractivity (Wildman–Crippen MR) is 230 cm³/mol. The summed E-state index contributed by atoms with van der Waals surface area (Å²) in [6.45, 7) is 5.10. The van der Waals surface area contributed by atoms with E-state index >= 15 is 0 Å². The molecule has 0 radical (unpaired) electrons. The van der Waals surface area contributed by atoms with Crippen LogP contribution in [0, 0.1) is 23.7 Å². The van der Waals surface area contributed by atoms with Crippen LogP contribution in [0.1, 0.15) is 176 Å². The average molecular weight is 789 g/mol. The van der Waals surface area contributed by atoms with Crippen molar-refractivity contribution < 1.29 is 19.1 Å². The van der Waals surface area contributed by atoms with Gasteiger partial charge in [0, 0.05) is 48.8 Å². The van der Waals surface area contributed by atoms with Crippen molar-refractivity contribution >= 4 is 11.9 Å². The average Bonchev–Trinajstić information content (AvgIpc) is 3.20. The molecule has 0 spiro atoms. The number of rotatable bonds is 15. The Morgan fingerprint density at radius 3 is 1.41 bits per heavy atom. The minimum atomic E-state index is -0.0978. The van der Waals surface area contributed by atoms with E-state index in [0.29, 0.717) is 24.9 Å². The third kappa shape index (κ3) is 7.62. The van der Waals surface area contributed by atoms with Gasteiger partial charge in [0.25, 0.3) is 0 Å². The zero-order valence-corrected chi connectivity index (χ0v) is 35.7. The maximum absolute atomic E-state index is 13.0. The van der Waals surface area contributed by atoms with Crippen LogP contribution in [0.4, 0.5) is 0 Å². The minimum absolute atomic E-state index is 0.0978. The Morgan fingerprint density at radius 1 is 0.534 bits per heavy atom. The molecule has 314 valence electrons. The number of nitrogens with zero attached hydrogens (tertiary/aromatic N) is 2. The van der Waals surface area contributed by atoms with Crippen molar-refractivity contribution in [2.75, 3.05) is 26.2 Å². The van der Waals surface area contributed by atoms with Crippen LogP contribution in [0.5, 0.6) is 11.5 Å². The molecule has 6 atom stereocenters. The van der Waals surface area contributed by atoms with Gasteiger partial charge in [0.15, 0.2) is 0 Å². The van der Waals surface area contributed by atoms with Crippen molar-refractivity contribution in [1.29, 1.82) is 0 Å². The van der Waals surface area contributed by atoms with Crippen LogP contribution in [0.25, 0.3) is 0 Å². The fraction of sp³-hybridized carbons (Fsp3) is 0.731. The molecule has 2 aromatic rings. The third-order valence-electron chi connectivity index (χ3n) is 17.8.